The van der Waals surface area contributed by atoms with E-state index in [1.807, 2.05) is 30.3 Å². The van der Waals surface area contributed by atoms with Gasteiger partial charge in [-0.2, -0.15) is 0 Å². The fourth-order valence-corrected chi connectivity index (χ4v) is 10.4. The van der Waals surface area contributed by atoms with E-state index >= 15 is 0 Å². The van der Waals surface area contributed by atoms with E-state index in [0.29, 0.717) is 17.1 Å². The zero-order valence-corrected chi connectivity index (χ0v) is 41.3. The summed E-state index contributed by atoms with van der Waals surface area (Å²) in [4.78, 5) is 13.6. The molecule has 0 aliphatic rings. The lowest BCUT2D eigenvalue weighted by atomic mass is 9.86. The Balaban J connectivity index is 0.914. The molecule has 75 heavy (non-hydrogen) atoms. The monoisotopic (exact) mass is 973 g/mol. The second-order valence-electron chi connectivity index (χ2n) is 19.3. The summed E-state index contributed by atoms with van der Waals surface area (Å²) < 4.78 is 71.0. The maximum absolute atomic E-state index is 8.00. The molecular weight excluding hydrogens is 907 g/mol. The molecule has 3 heteroatoms. The van der Waals surface area contributed by atoms with Crippen molar-refractivity contribution < 1.29 is 12.3 Å². The van der Waals surface area contributed by atoms with Crippen LogP contribution in [0.15, 0.2) is 243 Å². The van der Waals surface area contributed by atoms with Gasteiger partial charge in [0.1, 0.15) is 0 Å². The van der Waals surface area contributed by atoms with Crippen LogP contribution in [0, 0.1) is 20.6 Å². The lowest BCUT2D eigenvalue weighted by molar-refractivity contribution is 0.931. The van der Waals surface area contributed by atoms with Crippen LogP contribution in [0.5, 0.6) is 0 Å². The molecular formula is C72H57N3. The third kappa shape index (κ3) is 10.3. The fraction of sp³-hybridized carbons (Fsp3) is 0.0972. The Bertz CT molecular complexity index is 4340. The van der Waals surface area contributed by atoms with Gasteiger partial charge in [-0.25, -0.2) is 0 Å². The average Bonchev–Trinajstić information content (AvgIpc) is 1.71. The first-order valence-electron chi connectivity index (χ1n) is 29.9. The first-order chi connectivity index (χ1) is 40.5. The Hall–Kier alpha value is -9.05. The van der Waals surface area contributed by atoms with Crippen molar-refractivity contribution in [1.29, 1.82) is 0 Å². The summed E-state index contributed by atoms with van der Waals surface area (Å²) in [6.07, 6.45) is 7.54. The Morgan fingerprint density at radius 3 is 1.45 bits per heavy atom. The van der Waals surface area contributed by atoms with Gasteiger partial charge in [-0.1, -0.05) is 182 Å². The van der Waals surface area contributed by atoms with Gasteiger partial charge in [0.2, 0.25) is 0 Å². The van der Waals surface area contributed by atoms with Gasteiger partial charge in [-0.3, -0.25) is 15.0 Å². The molecule has 0 unspecified atom stereocenters. The van der Waals surface area contributed by atoms with Gasteiger partial charge >= 0.3 is 0 Å². The zero-order valence-electron chi connectivity index (χ0n) is 50.3. The topological polar surface area (TPSA) is 38.7 Å². The highest BCUT2D eigenvalue weighted by Crippen LogP contribution is 2.42. The van der Waals surface area contributed by atoms with E-state index < -0.39 is 20.6 Å². The molecule has 0 atom stereocenters. The van der Waals surface area contributed by atoms with Crippen LogP contribution in [0.3, 0.4) is 0 Å². The Kier molecular flexibility index (Phi) is 10.5. The molecule has 3 aromatic heterocycles. The molecule has 0 amide bonds. The smallest absolute Gasteiger partial charge is 0.0704 e. The summed E-state index contributed by atoms with van der Waals surface area (Å²) in [6, 6.07) is 76.7. The van der Waals surface area contributed by atoms with Crippen LogP contribution >= 0.6 is 0 Å². The number of pyridine rings is 3. The number of fused-ring (bicyclic) bond motifs is 3. The molecule has 12 aromatic rings. The minimum Gasteiger partial charge on any atom is -0.256 e. The van der Waals surface area contributed by atoms with Crippen molar-refractivity contribution >= 4 is 21.5 Å². The third-order valence-electron chi connectivity index (χ3n) is 14.3. The molecule has 0 fully saturated rings. The lowest BCUT2D eigenvalue weighted by Gasteiger charge is -2.18. The van der Waals surface area contributed by atoms with Crippen molar-refractivity contribution in [2.75, 3.05) is 0 Å². The second-order valence-corrected chi connectivity index (χ2v) is 19.3. The molecule has 360 valence electrons. The molecule has 0 saturated carbocycles. The van der Waals surface area contributed by atoms with Crippen LogP contribution in [-0.2, 0) is 25.7 Å². The standard InChI is InChI=1S/C72H57N3/c1-48-37-38-73-72(39-48)57-25-21-52(22-26-57)16-18-54-40-53(17-15-51-19-23-56(24-20-51)70-35-13-49(2)46-74-70)41-63(42-54)64-11-7-8-12-67(64)68-34-31-62(71-36-14-50(3)47-75-71)45-69(68)61-30-33-66-60(44-61)28-27-59-43-58(29-32-65(59)66)55-9-5-4-6-10-55/h4-14,19-47H,15-18H2,1-3H3/i1D3,2D3,3D3. The number of aryl methyl sites for hydroxylation is 7. The summed E-state index contributed by atoms with van der Waals surface area (Å²) in [5.74, 6) is 0. The SMILES string of the molecule is [2H]C([2H])([2H])c1ccc(-c2ccc(CCc3cc(CCc4ccc(-c5cc(C([2H])([2H])[2H])ccn5)cc4)cc(-c4ccccc4-c4ccc(-c5ccc(C([2H])([2H])[2H])cn5)cc4-c4ccc5c(ccc6cc(-c7ccccc7)ccc65)c4)c3)cc2)nc1. The predicted molar refractivity (Wildman–Crippen MR) is 315 cm³/mol. The molecule has 12 rings (SSSR count). The lowest BCUT2D eigenvalue weighted by Crippen LogP contribution is -1.98. The van der Waals surface area contributed by atoms with E-state index in [9.17, 15) is 0 Å². The molecule has 0 aliphatic heterocycles. The van der Waals surface area contributed by atoms with Crippen molar-refractivity contribution in [2.45, 2.75) is 46.2 Å². The van der Waals surface area contributed by atoms with Gasteiger partial charge in [0, 0.05) is 47.6 Å². The summed E-state index contributed by atoms with van der Waals surface area (Å²) in [7, 11) is 0. The van der Waals surface area contributed by atoms with Gasteiger partial charge in [-0.05, 0) is 194 Å². The molecule has 0 spiro atoms. The minimum atomic E-state index is -2.27. The van der Waals surface area contributed by atoms with Crippen LogP contribution in [-0.4, -0.2) is 15.0 Å². The molecule has 0 saturated heterocycles. The van der Waals surface area contributed by atoms with E-state index in [0.717, 1.165) is 97.7 Å². The van der Waals surface area contributed by atoms with Crippen LogP contribution in [0.4, 0.5) is 0 Å². The van der Waals surface area contributed by atoms with Crippen molar-refractivity contribution in [3.63, 3.8) is 0 Å². The number of rotatable bonds is 13. The Morgan fingerprint density at radius 2 is 0.827 bits per heavy atom. The van der Waals surface area contributed by atoms with Crippen molar-refractivity contribution in [3.8, 4) is 78.3 Å². The van der Waals surface area contributed by atoms with Gasteiger partial charge < -0.3 is 0 Å². The highest BCUT2D eigenvalue weighted by atomic mass is 14.7. The van der Waals surface area contributed by atoms with Gasteiger partial charge in [0.25, 0.3) is 0 Å². The van der Waals surface area contributed by atoms with Gasteiger partial charge in [0.05, 0.1) is 17.1 Å². The van der Waals surface area contributed by atoms with Crippen LogP contribution in [0.25, 0.3) is 99.8 Å². The van der Waals surface area contributed by atoms with Crippen molar-refractivity contribution in [3.05, 3.63) is 282 Å². The Labute approximate surface area is 453 Å². The van der Waals surface area contributed by atoms with E-state index in [-0.39, 0.29) is 16.7 Å². The zero-order chi connectivity index (χ0) is 58.2. The van der Waals surface area contributed by atoms with Crippen molar-refractivity contribution in [2.24, 2.45) is 0 Å². The number of aromatic nitrogens is 3. The number of nitrogens with zero attached hydrogens (tertiary/aromatic N) is 3. The van der Waals surface area contributed by atoms with Crippen LogP contribution in [0.2, 0.25) is 0 Å². The summed E-state index contributed by atoms with van der Waals surface area (Å²) in [5.41, 5.74) is 18.6. The van der Waals surface area contributed by atoms with Gasteiger partial charge in [-0.15, -0.1) is 0 Å². The predicted octanol–water partition coefficient (Wildman–Crippen LogP) is 18.3. The van der Waals surface area contributed by atoms with Crippen LogP contribution in [0.1, 0.15) is 51.3 Å². The quantitative estimate of drug-likeness (QED) is 0.108. The first-order valence-corrected chi connectivity index (χ1v) is 25.4. The normalized spacial score (nSPS) is 13.6. The Morgan fingerprint density at radius 1 is 0.293 bits per heavy atom. The number of benzene rings is 9. The summed E-state index contributed by atoms with van der Waals surface area (Å²) in [5, 5.41) is 4.61. The number of hydrogen-bond acceptors (Lipinski definition) is 3. The summed E-state index contributed by atoms with van der Waals surface area (Å²) in [6.45, 7) is -6.71. The highest BCUT2D eigenvalue weighted by molar-refractivity contribution is 6.10. The molecule has 0 aliphatic carbocycles. The molecule has 0 radical (unpaired) electrons. The van der Waals surface area contributed by atoms with E-state index in [4.69, 9.17) is 12.3 Å². The van der Waals surface area contributed by atoms with Crippen LogP contribution < -0.4 is 0 Å². The van der Waals surface area contributed by atoms with Crippen molar-refractivity contribution in [1.82, 2.24) is 15.0 Å². The molecule has 0 bridgehead atoms. The highest BCUT2D eigenvalue weighted by Gasteiger charge is 2.17. The maximum atomic E-state index is 8.00. The molecule has 0 N–H and O–H groups in total. The minimum absolute atomic E-state index is 0.190. The molecule has 9 aromatic carbocycles. The third-order valence-corrected chi connectivity index (χ3v) is 14.3. The first kappa shape index (κ1) is 37.7. The maximum Gasteiger partial charge on any atom is 0.0704 e. The molecule has 3 heterocycles. The average molecular weight is 973 g/mol. The number of hydrogen-bond donors (Lipinski definition) is 0. The van der Waals surface area contributed by atoms with E-state index in [1.54, 1.807) is 42.6 Å². The second kappa shape index (κ2) is 20.8. The fourth-order valence-electron chi connectivity index (χ4n) is 10.4. The largest absolute Gasteiger partial charge is 0.256 e. The van der Waals surface area contributed by atoms with E-state index in [2.05, 4.69) is 173 Å². The molecule has 3 nitrogen and oxygen atoms in total. The van der Waals surface area contributed by atoms with E-state index in [1.165, 1.54) is 45.4 Å². The van der Waals surface area contributed by atoms with Gasteiger partial charge in [0.15, 0.2) is 0 Å². The summed E-state index contributed by atoms with van der Waals surface area (Å²) >= 11 is 0.